The van der Waals surface area contributed by atoms with Gasteiger partial charge >= 0.3 is 0 Å². The quantitative estimate of drug-likeness (QED) is 0.817. The fourth-order valence-corrected chi connectivity index (χ4v) is 2.82. The van der Waals surface area contributed by atoms with Crippen LogP contribution in [-0.2, 0) is 5.41 Å². The van der Waals surface area contributed by atoms with Crippen molar-refractivity contribution < 1.29 is 4.74 Å². The number of methoxy groups -OCH3 is 1. The van der Waals surface area contributed by atoms with Crippen LogP contribution in [0.4, 0.5) is 5.69 Å². The van der Waals surface area contributed by atoms with E-state index in [-0.39, 0.29) is 5.41 Å². The minimum absolute atomic E-state index is 0.145. The average molecular weight is 283 g/mol. The molecule has 0 amide bonds. The minimum Gasteiger partial charge on any atom is -0.497 e. The van der Waals surface area contributed by atoms with E-state index in [2.05, 4.69) is 62.5 Å². The third-order valence-corrected chi connectivity index (χ3v) is 3.85. The van der Waals surface area contributed by atoms with Gasteiger partial charge in [0, 0.05) is 17.8 Å². The van der Waals surface area contributed by atoms with Crippen LogP contribution in [0.1, 0.15) is 32.8 Å². The summed E-state index contributed by atoms with van der Waals surface area (Å²) in [5.41, 5.74) is 2.63. The SMILES string of the molecule is COc1cccc(NC(C)CC(C)(C)c2ccccc2)c1. The third kappa shape index (κ3) is 4.25. The molecule has 0 aliphatic carbocycles. The predicted molar refractivity (Wildman–Crippen MR) is 90.2 cm³/mol. The van der Waals surface area contributed by atoms with Gasteiger partial charge in [-0.15, -0.1) is 0 Å². The van der Waals surface area contributed by atoms with Gasteiger partial charge in [0.1, 0.15) is 5.75 Å². The predicted octanol–water partition coefficient (Wildman–Crippen LogP) is 4.86. The standard InChI is InChI=1S/C19H25NO/c1-15(20-17-11-8-12-18(13-17)21-4)14-19(2,3)16-9-6-5-7-10-16/h5-13,15,20H,14H2,1-4H3. The van der Waals surface area contributed by atoms with E-state index in [1.165, 1.54) is 5.56 Å². The highest BCUT2D eigenvalue weighted by atomic mass is 16.5. The Labute approximate surface area is 128 Å². The van der Waals surface area contributed by atoms with Crippen molar-refractivity contribution in [2.45, 2.75) is 38.6 Å². The van der Waals surface area contributed by atoms with E-state index < -0.39 is 0 Å². The Balaban J connectivity index is 2.02. The van der Waals surface area contributed by atoms with Crippen LogP contribution >= 0.6 is 0 Å². The largest absolute Gasteiger partial charge is 0.497 e. The van der Waals surface area contributed by atoms with Crippen LogP contribution < -0.4 is 10.1 Å². The van der Waals surface area contributed by atoms with Crippen molar-refractivity contribution in [2.24, 2.45) is 0 Å². The van der Waals surface area contributed by atoms with Gasteiger partial charge in [-0.3, -0.25) is 0 Å². The van der Waals surface area contributed by atoms with Crippen molar-refractivity contribution >= 4 is 5.69 Å². The van der Waals surface area contributed by atoms with E-state index in [0.717, 1.165) is 17.9 Å². The summed E-state index contributed by atoms with van der Waals surface area (Å²) in [6.45, 7) is 6.82. The Morgan fingerprint density at radius 3 is 2.43 bits per heavy atom. The zero-order chi connectivity index (χ0) is 15.3. The molecule has 21 heavy (non-hydrogen) atoms. The van der Waals surface area contributed by atoms with Crippen LogP contribution in [0.25, 0.3) is 0 Å². The van der Waals surface area contributed by atoms with E-state index in [1.54, 1.807) is 7.11 Å². The number of hydrogen-bond donors (Lipinski definition) is 1. The first-order chi connectivity index (χ1) is 10.0. The molecule has 0 aliphatic rings. The molecule has 1 atom stereocenters. The smallest absolute Gasteiger partial charge is 0.120 e. The first-order valence-corrected chi connectivity index (χ1v) is 7.47. The van der Waals surface area contributed by atoms with E-state index >= 15 is 0 Å². The maximum atomic E-state index is 5.27. The number of anilines is 1. The van der Waals surface area contributed by atoms with E-state index in [4.69, 9.17) is 4.74 Å². The number of rotatable bonds is 6. The van der Waals surface area contributed by atoms with Crippen LogP contribution in [0.5, 0.6) is 5.75 Å². The number of nitrogens with one attached hydrogen (secondary N) is 1. The fraction of sp³-hybridized carbons (Fsp3) is 0.368. The topological polar surface area (TPSA) is 21.3 Å². The number of benzene rings is 2. The van der Waals surface area contributed by atoms with Gasteiger partial charge in [0.05, 0.1) is 7.11 Å². The molecule has 0 radical (unpaired) electrons. The van der Waals surface area contributed by atoms with Crippen LogP contribution in [0.3, 0.4) is 0 Å². The van der Waals surface area contributed by atoms with E-state index in [9.17, 15) is 0 Å². The van der Waals surface area contributed by atoms with Gasteiger partial charge in [-0.1, -0.05) is 50.2 Å². The van der Waals surface area contributed by atoms with Gasteiger partial charge in [0.2, 0.25) is 0 Å². The summed E-state index contributed by atoms with van der Waals surface area (Å²) in [5, 5.41) is 3.56. The molecule has 0 bridgehead atoms. The first-order valence-electron chi connectivity index (χ1n) is 7.47. The molecule has 0 spiro atoms. The van der Waals surface area contributed by atoms with Crippen molar-refractivity contribution in [1.29, 1.82) is 0 Å². The molecular weight excluding hydrogens is 258 g/mol. The lowest BCUT2D eigenvalue weighted by molar-refractivity contribution is 0.414. The lowest BCUT2D eigenvalue weighted by Crippen LogP contribution is -2.27. The molecule has 2 rings (SSSR count). The number of hydrogen-bond acceptors (Lipinski definition) is 2. The molecule has 0 fully saturated rings. The monoisotopic (exact) mass is 283 g/mol. The Hall–Kier alpha value is -1.96. The van der Waals surface area contributed by atoms with Gasteiger partial charge < -0.3 is 10.1 Å². The summed E-state index contributed by atoms with van der Waals surface area (Å²) < 4.78 is 5.27. The molecule has 112 valence electrons. The molecule has 2 heteroatoms. The molecule has 2 nitrogen and oxygen atoms in total. The summed E-state index contributed by atoms with van der Waals surface area (Å²) >= 11 is 0. The second-order valence-corrected chi connectivity index (χ2v) is 6.23. The molecule has 2 aromatic rings. The molecule has 0 aromatic heterocycles. The number of ether oxygens (including phenoxy) is 1. The van der Waals surface area contributed by atoms with Crippen LogP contribution in [-0.4, -0.2) is 13.2 Å². The van der Waals surface area contributed by atoms with Crippen molar-refractivity contribution in [2.75, 3.05) is 12.4 Å². The van der Waals surface area contributed by atoms with Crippen molar-refractivity contribution in [3.63, 3.8) is 0 Å². The zero-order valence-electron chi connectivity index (χ0n) is 13.4. The summed E-state index contributed by atoms with van der Waals surface area (Å²) in [6.07, 6.45) is 1.06. The summed E-state index contributed by atoms with van der Waals surface area (Å²) in [7, 11) is 1.70. The Bertz CT molecular complexity index is 563. The highest BCUT2D eigenvalue weighted by Gasteiger charge is 2.23. The highest BCUT2D eigenvalue weighted by Crippen LogP contribution is 2.29. The Morgan fingerprint density at radius 1 is 1.05 bits per heavy atom. The zero-order valence-corrected chi connectivity index (χ0v) is 13.4. The molecular formula is C19H25NO. The van der Waals surface area contributed by atoms with Gasteiger partial charge in [-0.25, -0.2) is 0 Å². The van der Waals surface area contributed by atoms with Gasteiger partial charge in [-0.2, -0.15) is 0 Å². The van der Waals surface area contributed by atoms with Crippen LogP contribution in [0.2, 0.25) is 0 Å². The highest BCUT2D eigenvalue weighted by molar-refractivity contribution is 5.48. The summed E-state index contributed by atoms with van der Waals surface area (Å²) in [6, 6.07) is 19.2. The molecule has 0 heterocycles. The molecule has 1 unspecified atom stereocenters. The maximum absolute atomic E-state index is 5.27. The minimum atomic E-state index is 0.145. The molecule has 1 N–H and O–H groups in total. The van der Waals surface area contributed by atoms with Crippen molar-refractivity contribution in [3.8, 4) is 5.75 Å². The Kier molecular flexibility index (Phi) is 4.89. The molecule has 0 saturated heterocycles. The molecule has 2 aromatic carbocycles. The molecule has 0 aliphatic heterocycles. The summed E-state index contributed by atoms with van der Waals surface area (Å²) in [4.78, 5) is 0. The normalized spacial score (nSPS) is 12.8. The fourth-order valence-electron chi connectivity index (χ4n) is 2.82. The van der Waals surface area contributed by atoms with Crippen molar-refractivity contribution in [1.82, 2.24) is 0 Å². The maximum Gasteiger partial charge on any atom is 0.120 e. The first kappa shape index (κ1) is 15.4. The lowest BCUT2D eigenvalue weighted by atomic mass is 9.79. The second kappa shape index (κ2) is 6.66. The van der Waals surface area contributed by atoms with Gasteiger partial charge in [0.15, 0.2) is 0 Å². The van der Waals surface area contributed by atoms with Gasteiger partial charge in [-0.05, 0) is 36.5 Å². The summed E-state index contributed by atoms with van der Waals surface area (Å²) in [5.74, 6) is 0.884. The molecule has 0 saturated carbocycles. The van der Waals surface area contributed by atoms with Crippen LogP contribution in [0, 0.1) is 0 Å². The van der Waals surface area contributed by atoms with Gasteiger partial charge in [0.25, 0.3) is 0 Å². The van der Waals surface area contributed by atoms with Crippen molar-refractivity contribution in [3.05, 3.63) is 60.2 Å². The Morgan fingerprint density at radius 2 is 1.76 bits per heavy atom. The third-order valence-electron chi connectivity index (χ3n) is 3.85. The average Bonchev–Trinajstić information content (AvgIpc) is 2.47. The van der Waals surface area contributed by atoms with E-state index in [1.807, 2.05) is 18.2 Å². The second-order valence-electron chi connectivity index (χ2n) is 6.23. The van der Waals surface area contributed by atoms with Crippen LogP contribution in [0.15, 0.2) is 54.6 Å². The lowest BCUT2D eigenvalue weighted by Gasteiger charge is -2.29. The van der Waals surface area contributed by atoms with E-state index in [0.29, 0.717) is 6.04 Å².